The Hall–Kier alpha value is -0.860. The summed E-state index contributed by atoms with van der Waals surface area (Å²) in [5.41, 5.74) is 9.26. The van der Waals surface area contributed by atoms with Gasteiger partial charge in [-0.1, -0.05) is 57.9 Å². The van der Waals surface area contributed by atoms with E-state index in [2.05, 4.69) is 45.0 Å². The van der Waals surface area contributed by atoms with Gasteiger partial charge in [0.2, 0.25) is 0 Å². The second-order valence-corrected chi connectivity index (χ2v) is 7.23. The van der Waals surface area contributed by atoms with Gasteiger partial charge in [-0.05, 0) is 35.8 Å². The number of benzene rings is 1. The largest absolute Gasteiger partial charge is 0.377 e. The SMILES string of the molecule is COC1(C(N)Cc2ccc(C(C)(C)C)cc2)CCCC1. The Morgan fingerprint density at radius 2 is 1.70 bits per heavy atom. The highest BCUT2D eigenvalue weighted by atomic mass is 16.5. The van der Waals surface area contributed by atoms with Crippen molar-refractivity contribution in [3.63, 3.8) is 0 Å². The highest BCUT2D eigenvalue weighted by molar-refractivity contribution is 5.28. The summed E-state index contributed by atoms with van der Waals surface area (Å²) in [5.74, 6) is 0. The summed E-state index contributed by atoms with van der Waals surface area (Å²) in [6.45, 7) is 6.73. The van der Waals surface area contributed by atoms with Crippen molar-refractivity contribution in [3.05, 3.63) is 35.4 Å². The van der Waals surface area contributed by atoms with Crippen molar-refractivity contribution in [3.8, 4) is 0 Å². The van der Waals surface area contributed by atoms with E-state index in [0.717, 1.165) is 19.3 Å². The van der Waals surface area contributed by atoms with Crippen molar-refractivity contribution in [1.82, 2.24) is 0 Å². The molecule has 0 heterocycles. The lowest BCUT2D eigenvalue weighted by Crippen LogP contribution is -2.48. The normalized spacial score (nSPS) is 20.1. The fourth-order valence-electron chi connectivity index (χ4n) is 3.28. The molecule has 0 aromatic heterocycles. The molecule has 0 saturated heterocycles. The first kappa shape index (κ1) is 15.5. The zero-order valence-corrected chi connectivity index (χ0v) is 13.4. The van der Waals surface area contributed by atoms with Gasteiger partial charge in [0, 0.05) is 13.2 Å². The second-order valence-electron chi connectivity index (χ2n) is 7.23. The maximum absolute atomic E-state index is 6.46. The predicted molar refractivity (Wildman–Crippen MR) is 85.0 cm³/mol. The summed E-state index contributed by atoms with van der Waals surface area (Å²) in [6.07, 6.45) is 5.59. The summed E-state index contributed by atoms with van der Waals surface area (Å²) in [5, 5.41) is 0. The van der Waals surface area contributed by atoms with Crippen LogP contribution >= 0.6 is 0 Å². The first-order chi connectivity index (χ1) is 9.37. The molecule has 1 aromatic rings. The fraction of sp³-hybridized carbons (Fsp3) is 0.667. The lowest BCUT2D eigenvalue weighted by atomic mass is 9.84. The number of rotatable bonds is 4. The third-order valence-electron chi connectivity index (χ3n) is 4.81. The Bertz CT molecular complexity index is 424. The van der Waals surface area contributed by atoms with E-state index in [1.54, 1.807) is 0 Å². The molecule has 0 radical (unpaired) electrons. The van der Waals surface area contributed by atoms with E-state index in [0.29, 0.717) is 0 Å². The third-order valence-corrected chi connectivity index (χ3v) is 4.81. The monoisotopic (exact) mass is 275 g/mol. The molecule has 1 aliphatic carbocycles. The van der Waals surface area contributed by atoms with Crippen molar-refractivity contribution in [2.24, 2.45) is 5.73 Å². The van der Waals surface area contributed by atoms with Crippen LogP contribution in [0.2, 0.25) is 0 Å². The van der Waals surface area contributed by atoms with Gasteiger partial charge in [0.25, 0.3) is 0 Å². The van der Waals surface area contributed by atoms with Gasteiger partial charge in [0.1, 0.15) is 0 Å². The molecule has 0 amide bonds. The molecule has 2 nitrogen and oxygen atoms in total. The van der Waals surface area contributed by atoms with Crippen LogP contribution in [0.15, 0.2) is 24.3 Å². The molecule has 2 rings (SSSR count). The minimum Gasteiger partial charge on any atom is -0.377 e. The Balaban J connectivity index is 2.06. The van der Waals surface area contributed by atoms with Gasteiger partial charge in [-0.2, -0.15) is 0 Å². The maximum atomic E-state index is 6.46. The molecule has 1 atom stereocenters. The highest BCUT2D eigenvalue weighted by Gasteiger charge is 2.39. The van der Waals surface area contributed by atoms with Crippen molar-refractivity contribution in [2.75, 3.05) is 7.11 Å². The summed E-state index contributed by atoms with van der Waals surface area (Å²) in [7, 11) is 1.81. The second kappa shape index (κ2) is 5.87. The summed E-state index contributed by atoms with van der Waals surface area (Å²) >= 11 is 0. The topological polar surface area (TPSA) is 35.2 Å². The van der Waals surface area contributed by atoms with Crippen LogP contribution in [0.4, 0.5) is 0 Å². The number of methoxy groups -OCH3 is 1. The van der Waals surface area contributed by atoms with E-state index in [1.807, 2.05) is 7.11 Å². The molecule has 0 spiro atoms. The number of hydrogen-bond donors (Lipinski definition) is 1. The van der Waals surface area contributed by atoms with Gasteiger partial charge in [0.15, 0.2) is 0 Å². The molecule has 1 saturated carbocycles. The summed E-state index contributed by atoms with van der Waals surface area (Å²) in [4.78, 5) is 0. The molecule has 1 unspecified atom stereocenters. The molecule has 1 aromatic carbocycles. The number of nitrogens with two attached hydrogens (primary N) is 1. The Morgan fingerprint density at radius 1 is 1.15 bits per heavy atom. The summed E-state index contributed by atoms with van der Waals surface area (Å²) < 4.78 is 5.79. The molecule has 20 heavy (non-hydrogen) atoms. The Kier molecular flexibility index (Phi) is 4.55. The van der Waals surface area contributed by atoms with Crippen LogP contribution in [0, 0.1) is 0 Å². The van der Waals surface area contributed by atoms with Crippen LogP contribution in [-0.4, -0.2) is 18.8 Å². The standard InChI is InChI=1S/C18H29NO/c1-17(2,3)15-9-7-14(8-10-15)13-16(19)18(20-4)11-5-6-12-18/h7-10,16H,5-6,11-13,19H2,1-4H3. The number of ether oxygens (including phenoxy) is 1. The van der Waals surface area contributed by atoms with Crippen LogP contribution in [0.1, 0.15) is 57.6 Å². The van der Waals surface area contributed by atoms with Crippen LogP contribution in [0.3, 0.4) is 0 Å². The number of hydrogen-bond acceptors (Lipinski definition) is 2. The van der Waals surface area contributed by atoms with Gasteiger partial charge in [-0.3, -0.25) is 0 Å². The Labute approximate surface area is 123 Å². The van der Waals surface area contributed by atoms with Crippen LogP contribution in [0.5, 0.6) is 0 Å². The van der Waals surface area contributed by atoms with Gasteiger partial charge >= 0.3 is 0 Å². The van der Waals surface area contributed by atoms with Crippen molar-refractivity contribution >= 4 is 0 Å². The zero-order valence-electron chi connectivity index (χ0n) is 13.4. The lowest BCUT2D eigenvalue weighted by Gasteiger charge is -2.34. The molecule has 0 aliphatic heterocycles. The Morgan fingerprint density at radius 3 is 2.15 bits per heavy atom. The predicted octanol–water partition coefficient (Wildman–Crippen LogP) is 3.81. The molecule has 2 heteroatoms. The molecule has 112 valence electrons. The lowest BCUT2D eigenvalue weighted by molar-refractivity contribution is -0.0253. The van der Waals surface area contributed by atoms with Crippen molar-refractivity contribution in [1.29, 1.82) is 0 Å². The average Bonchev–Trinajstić information content (AvgIpc) is 2.88. The van der Waals surface area contributed by atoms with E-state index in [1.165, 1.54) is 24.0 Å². The molecular weight excluding hydrogens is 246 g/mol. The highest BCUT2D eigenvalue weighted by Crippen LogP contribution is 2.36. The van der Waals surface area contributed by atoms with E-state index in [9.17, 15) is 0 Å². The fourth-order valence-corrected chi connectivity index (χ4v) is 3.28. The van der Waals surface area contributed by atoms with E-state index in [4.69, 9.17) is 10.5 Å². The molecular formula is C18H29NO. The molecule has 1 aliphatic rings. The van der Waals surface area contributed by atoms with Gasteiger partial charge in [-0.25, -0.2) is 0 Å². The first-order valence-electron chi connectivity index (χ1n) is 7.77. The maximum Gasteiger partial charge on any atom is 0.0832 e. The van der Waals surface area contributed by atoms with Gasteiger partial charge in [-0.15, -0.1) is 0 Å². The van der Waals surface area contributed by atoms with E-state index < -0.39 is 0 Å². The first-order valence-corrected chi connectivity index (χ1v) is 7.77. The van der Waals surface area contributed by atoms with Gasteiger partial charge in [0.05, 0.1) is 5.60 Å². The van der Waals surface area contributed by atoms with E-state index >= 15 is 0 Å². The van der Waals surface area contributed by atoms with Crippen LogP contribution in [0.25, 0.3) is 0 Å². The smallest absolute Gasteiger partial charge is 0.0832 e. The molecule has 2 N–H and O–H groups in total. The zero-order chi connectivity index (χ0) is 14.8. The van der Waals surface area contributed by atoms with Crippen LogP contribution < -0.4 is 5.73 Å². The minimum absolute atomic E-state index is 0.0930. The average molecular weight is 275 g/mol. The van der Waals surface area contributed by atoms with E-state index in [-0.39, 0.29) is 17.1 Å². The van der Waals surface area contributed by atoms with Gasteiger partial charge < -0.3 is 10.5 Å². The summed E-state index contributed by atoms with van der Waals surface area (Å²) in [6, 6.07) is 9.00. The minimum atomic E-state index is -0.0945. The van der Waals surface area contributed by atoms with Crippen molar-refractivity contribution in [2.45, 2.75) is 69.9 Å². The molecule has 0 bridgehead atoms. The third kappa shape index (κ3) is 3.24. The quantitative estimate of drug-likeness (QED) is 0.907. The molecule has 1 fully saturated rings. The van der Waals surface area contributed by atoms with Crippen molar-refractivity contribution < 1.29 is 4.74 Å². The van der Waals surface area contributed by atoms with Crippen LogP contribution in [-0.2, 0) is 16.6 Å².